The van der Waals surface area contributed by atoms with E-state index < -0.39 is 0 Å². The number of halogens is 1. The van der Waals surface area contributed by atoms with Crippen LogP contribution in [-0.2, 0) is 11.4 Å². The first kappa shape index (κ1) is 19.5. The number of hydrogen-bond acceptors (Lipinski definition) is 4. The maximum atomic E-state index is 12.9. The fourth-order valence-corrected chi connectivity index (χ4v) is 4.12. The molecule has 2 amide bonds. The predicted octanol–water partition coefficient (Wildman–Crippen LogP) is 6.27. The lowest BCUT2D eigenvalue weighted by molar-refractivity contribution is -0.113. The van der Waals surface area contributed by atoms with E-state index in [0.717, 1.165) is 27.4 Å². The highest BCUT2D eigenvalue weighted by atomic mass is 79.9. The molecule has 1 aliphatic rings. The molecule has 0 atom stereocenters. The molecule has 3 aromatic rings. The molecule has 4 nitrogen and oxygen atoms in total. The van der Waals surface area contributed by atoms with Crippen LogP contribution in [0.15, 0.2) is 88.2 Å². The van der Waals surface area contributed by atoms with E-state index in [0.29, 0.717) is 22.9 Å². The van der Waals surface area contributed by atoms with E-state index in [1.54, 1.807) is 30.3 Å². The van der Waals surface area contributed by atoms with Crippen LogP contribution in [0.3, 0.4) is 0 Å². The summed E-state index contributed by atoms with van der Waals surface area (Å²) in [5, 5.41) is -0.311. The zero-order valence-electron chi connectivity index (χ0n) is 15.2. The molecule has 0 aromatic heterocycles. The molecule has 0 radical (unpaired) electrons. The molecule has 0 bridgehead atoms. The Morgan fingerprint density at radius 1 is 0.931 bits per heavy atom. The number of anilines is 1. The van der Waals surface area contributed by atoms with Gasteiger partial charge in [0.2, 0.25) is 0 Å². The summed E-state index contributed by atoms with van der Waals surface area (Å²) in [6.07, 6.45) is 1.71. The van der Waals surface area contributed by atoms with Gasteiger partial charge in [0, 0.05) is 10.0 Å². The molecule has 1 aliphatic heterocycles. The van der Waals surface area contributed by atoms with Gasteiger partial charge in [-0.15, -0.1) is 0 Å². The van der Waals surface area contributed by atoms with Gasteiger partial charge in [0.15, 0.2) is 0 Å². The van der Waals surface area contributed by atoms with E-state index in [9.17, 15) is 9.59 Å². The lowest BCUT2D eigenvalue weighted by atomic mass is 10.1. The van der Waals surface area contributed by atoms with Gasteiger partial charge in [-0.3, -0.25) is 9.59 Å². The van der Waals surface area contributed by atoms with Crippen LogP contribution in [0.25, 0.3) is 6.08 Å². The second-order valence-electron chi connectivity index (χ2n) is 6.31. The highest BCUT2D eigenvalue weighted by molar-refractivity contribution is 9.10. The van der Waals surface area contributed by atoms with Crippen molar-refractivity contribution >= 4 is 50.6 Å². The second-order valence-corrected chi connectivity index (χ2v) is 8.22. The highest BCUT2D eigenvalue weighted by Gasteiger charge is 2.36. The van der Waals surface area contributed by atoms with E-state index in [4.69, 9.17) is 4.74 Å². The number of rotatable bonds is 5. The van der Waals surface area contributed by atoms with Crippen molar-refractivity contribution in [2.75, 3.05) is 4.90 Å². The van der Waals surface area contributed by atoms with Gasteiger partial charge in [-0.05, 0) is 53.7 Å². The number of hydrogen-bond donors (Lipinski definition) is 0. The Bertz CT molecular complexity index is 1080. The number of carbonyl (C=O) groups excluding carboxylic acids is 2. The van der Waals surface area contributed by atoms with Crippen molar-refractivity contribution in [1.29, 1.82) is 0 Å². The summed E-state index contributed by atoms with van der Waals surface area (Å²) in [5.41, 5.74) is 2.34. The Balaban J connectivity index is 1.61. The predicted molar refractivity (Wildman–Crippen MR) is 120 cm³/mol. The van der Waals surface area contributed by atoms with Gasteiger partial charge >= 0.3 is 0 Å². The Hall–Kier alpha value is -2.83. The van der Waals surface area contributed by atoms with E-state index in [2.05, 4.69) is 15.9 Å². The van der Waals surface area contributed by atoms with E-state index in [1.165, 1.54) is 4.90 Å². The van der Waals surface area contributed by atoms with Crippen LogP contribution < -0.4 is 9.64 Å². The number of carbonyl (C=O) groups is 2. The van der Waals surface area contributed by atoms with Gasteiger partial charge in [-0.25, -0.2) is 4.90 Å². The smallest absolute Gasteiger partial charge is 0.298 e. The van der Waals surface area contributed by atoms with E-state index in [-0.39, 0.29) is 11.1 Å². The number of para-hydroxylation sites is 1. The SMILES string of the molecule is O=C1S/C(=C\c2cc(Br)ccc2OCc2ccccc2)C(=O)N1c1ccccc1. The van der Waals surface area contributed by atoms with Gasteiger partial charge in [-0.1, -0.05) is 64.5 Å². The Kier molecular flexibility index (Phi) is 5.83. The summed E-state index contributed by atoms with van der Waals surface area (Å²) >= 11 is 4.39. The lowest BCUT2D eigenvalue weighted by Gasteiger charge is -2.12. The topological polar surface area (TPSA) is 46.6 Å². The monoisotopic (exact) mass is 465 g/mol. The standard InChI is InChI=1S/C23H16BrNO3S/c24-18-11-12-20(28-15-16-7-3-1-4-8-16)17(13-18)14-21-22(26)25(23(27)29-21)19-9-5-2-6-10-19/h1-14H,15H2/b21-14-. The summed E-state index contributed by atoms with van der Waals surface area (Å²) in [7, 11) is 0. The molecule has 144 valence electrons. The van der Waals surface area contributed by atoms with Crippen molar-refractivity contribution < 1.29 is 14.3 Å². The minimum absolute atomic E-state index is 0.311. The molecule has 1 saturated heterocycles. The molecule has 0 spiro atoms. The van der Waals surface area contributed by atoms with Gasteiger partial charge in [0.05, 0.1) is 10.6 Å². The maximum Gasteiger partial charge on any atom is 0.298 e. The van der Waals surface area contributed by atoms with E-state index >= 15 is 0 Å². The van der Waals surface area contributed by atoms with Crippen LogP contribution in [0.1, 0.15) is 11.1 Å². The van der Waals surface area contributed by atoms with Crippen LogP contribution in [0.4, 0.5) is 10.5 Å². The van der Waals surface area contributed by atoms with Crippen molar-refractivity contribution in [3.8, 4) is 5.75 Å². The number of nitrogens with zero attached hydrogens (tertiary/aromatic N) is 1. The van der Waals surface area contributed by atoms with Crippen LogP contribution in [-0.4, -0.2) is 11.1 Å². The molecule has 4 rings (SSSR count). The van der Waals surface area contributed by atoms with Crippen LogP contribution >= 0.6 is 27.7 Å². The molecule has 3 aromatic carbocycles. The van der Waals surface area contributed by atoms with Crippen molar-refractivity contribution in [1.82, 2.24) is 0 Å². The van der Waals surface area contributed by atoms with Gasteiger partial charge in [-0.2, -0.15) is 0 Å². The Labute approximate surface area is 181 Å². The second kappa shape index (κ2) is 8.68. The van der Waals surface area contributed by atoms with Crippen LogP contribution in [0, 0.1) is 0 Å². The van der Waals surface area contributed by atoms with Crippen molar-refractivity contribution in [2.24, 2.45) is 0 Å². The molecule has 6 heteroatoms. The molecule has 1 fully saturated rings. The van der Waals surface area contributed by atoms with Crippen LogP contribution in [0.5, 0.6) is 5.75 Å². The third-order valence-electron chi connectivity index (χ3n) is 4.30. The first-order valence-electron chi connectivity index (χ1n) is 8.91. The quantitative estimate of drug-likeness (QED) is 0.416. The molecule has 29 heavy (non-hydrogen) atoms. The van der Waals surface area contributed by atoms with E-state index in [1.807, 2.05) is 54.6 Å². The molecule has 0 N–H and O–H groups in total. The highest BCUT2D eigenvalue weighted by Crippen LogP contribution is 2.37. The van der Waals surface area contributed by atoms with Gasteiger partial charge < -0.3 is 4.74 Å². The maximum absolute atomic E-state index is 12.9. The molecular weight excluding hydrogens is 450 g/mol. The number of ether oxygens (including phenoxy) is 1. The summed E-state index contributed by atoms with van der Waals surface area (Å²) < 4.78 is 6.84. The molecule has 0 aliphatic carbocycles. The average Bonchev–Trinajstić information content (AvgIpc) is 3.02. The van der Waals surface area contributed by atoms with Gasteiger partial charge in [0.1, 0.15) is 12.4 Å². The fourth-order valence-electron chi connectivity index (χ4n) is 2.91. The summed E-state index contributed by atoms with van der Waals surface area (Å²) in [4.78, 5) is 26.9. The summed E-state index contributed by atoms with van der Waals surface area (Å²) in [5.74, 6) is 0.309. The summed E-state index contributed by atoms with van der Waals surface area (Å²) in [6, 6.07) is 24.4. The molecule has 0 saturated carbocycles. The first-order chi connectivity index (χ1) is 14.1. The molecule has 0 unspecified atom stereocenters. The minimum Gasteiger partial charge on any atom is -0.488 e. The Morgan fingerprint density at radius 3 is 2.34 bits per heavy atom. The minimum atomic E-state index is -0.333. The molecular formula is C23H16BrNO3S. The molecule has 1 heterocycles. The third-order valence-corrected chi connectivity index (χ3v) is 5.67. The number of thioether (sulfide) groups is 1. The zero-order chi connectivity index (χ0) is 20.2. The van der Waals surface area contributed by atoms with Gasteiger partial charge in [0.25, 0.3) is 11.1 Å². The Morgan fingerprint density at radius 2 is 1.62 bits per heavy atom. The lowest BCUT2D eigenvalue weighted by Crippen LogP contribution is -2.27. The normalized spacial score (nSPS) is 15.2. The average molecular weight is 466 g/mol. The fraction of sp³-hybridized carbons (Fsp3) is 0.0435. The number of benzene rings is 3. The first-order valence-corrected chi connectivity index (χ1v) is 10.5. The van der Waals surface area contributed by atoms with Crippen LogP contribution in [0.2, 0.25) is 0 Å². The van der Waals surface area contributed by atoms with Crippen molar-refractivity contribution in [3.63, 3.8) is 0 Å². The number of imide groups is 1. The summed E-state index contributed by atoms with van der Waals surface area (Å²) in [6.45, 7) is 0.412. The van der Waals surface area contributed by atoms with Crippen molar-refractivity contribution in [3.05, 3.63) is 99.4 Å². The number of amides is 2. The largest absolute Gasteiger partial charge is 0.488 e. The zero-order valence-corrected chi connectivity index (χ0v) is 17.7. The third kappa shape index (κ3) is 4.44. The van der Waals surface area contributed by atoms with Crippen molar-refractivity contribution in [2.45, 2.75) is 6.61 Å².